The van der Waals surface area contributed by atoms with Gasteiger partial charge in [-0.2, -0.15) is 0 Å². The number of unbranched alkanes of at least 4 members (excludes halogenated alkanes) is 10. The molecule has 0 bridgehead atoms. The second-order valence-electron chi connectivity index (χ2n) is 8.30. The molecule has 0 aromatic carbocycles. The van der Waals surface area contributed by atoms with Crippen LogP contribution in [0.1, 0.15) is 136 Å². The predicted octanol–water partition coefficient (Wildman–Crippen LogP) is 7.52. The molecular formula is C25H48O4. The molecule has 0 heterocycles. The van der Waals surface area contributed by atoms with E-state index in [0.717, 1.165) is 64.2 Å². The van der Waals surface area contributed by atoms with E-state index in [1.54, 1.807) is 0 Å². The molecule has 0 aliphatic rings. The summed E-state index contributed by atoms with van der Waals surface area (Å²) >= 11 is 0. The van der Waals surface area contributed by atoms with Crippen molar-refractivity contribution < 1.29 is 19.1 Å². The van der Waals surface area contributed by atoms with Crippen molar-refractivity contribution >= 4 is 11.9 Å². The third-order valence-corrected chi connectivity index (χ3v) is 5.31. The van der Waals surface area contributed by atoms with E-state index in [2.05, 4.69) is 20.8 Å². The zero-order valence-corrected chi connectivity index (χ0v) is 19.6. The van der Waals surface area contributed by atoms with Crippen LogP contribution in [-0.4, -0.2) is 24.6 Å². The number of hydrogen-bond acceptors (Lipinski definition) is 4. The van der Waals surface area contributed by atoms with Gasteiger partial charge in [0, 0.05) is 12.8 Å². The minimum Gasteiger partial charge on any atom is -0.466 e. The SMILES string of the molecule is CCCCCCCCCCOC(=O)CCCCCC(=O)OC(CCC)CCCC. The average Bonchev–Trinajstić information content (AvgIpc) is 2.70. The third-order valence-electron chi connectivity index (χ3n) is 5.31. The molecule has 0 fully saturated rings. The van der Waals surface area contributed by atoms with E-state index in [0.29, 0.717) is 19.4 Å². The van der Waals surface area contributed by atoms with Crippen molar-refractivity contribution in [3.8, 4) is 0 Å². The van der Waals surface area contributed by atoms with Crippen LogP contribution in [0.5, 0.6) is 0 Å². The van der Waals surface area contributed by atoms with E-state index in [1.165, 1.54) is 38.5 Å². The molecule has 0 amide bonds. The number of esters is 2. The highest BCUT2D eigenvalue weighted by Crippen LogP contribution is 2.14. The number of carbonyl (C=O) groups is 2. The Morgan fingerprint density at radius 3 is 1.76 bits per heavy atom. The van der Waals surface area contributed by atoms with Crippen molar-refractivity contribution in [1.29, 1.82) is 0 Å². The molecule has 1 atom stereocenters. The van der Waals surface area contributed by atoms with Gasteiger partial charge in [-0.3, -0.25) is 9.59 Å². The van der Waals surface area contributed by atoms with Gasteiger partial charge in [0.2, 0.25) is 0 Å². The van der Waals surface area contributed by atoms with Crippen LogP contribution < -0.4 is 0 Å². The zero-order valence-electron chi connectivity index (χ0n) is 19.6. The quantitative estimate of drug-likeness (QED) is 0.144. The number of hydrogen-bond donors (Lipinski definition) is 0. The standard InChI is InChI=1S/C25H48O4/c1-4-7-9-10-11-12-13-17-22-28-24(26)20-15-14-16-21-25(27)29-23(18-6-3)19-8-5-2/h23H,4-22H2,1-3H3. The number of rotatable bonds is 21. The molecule has 0 aromatic rings. The van der Waals surface area contributed by atoms with E-state index in [9.17, 15) is 9.59 Å². The summed E-state index contributed by atoms with van der Waals surface area (Å²) in [5, 5.41) is 0. The molecule has 1 unspecified atom stereocenters. The fourth-order valence-corrected chi connectivity index (χ4v) is 3.47. The van der Waals surface area contributed by atoms with Crippen molar-refractivity contribution in [2.45, 2.75) is 142 Å². The van der Waals surface area contributed by atoms with Crippen molar-refractivity contribution in [3.05, 3.63) is 0 Å². The second kappa shape index (κ2) is 21.6. The topological polar surface area (TPSA) is 52.6 Å². The zero-order chi connectivity index (χ0) is 21.6. The highest BCUT2D eigenvalue weighted by molar-refractivity contribution is 5.70. The van der Waals surface area contributed by atoms with E-state index >= 15 is 0 Å². The van der Waals surface area contributed by atoms with Gasteiger partial charge in [-0.05, 0) is 32.1 Å². The van der Waals surface area contributed by atoms with Gasteiger partial charge >= 0.3 is 11.9 Å². The summed E-state index contributed by atoms with van der Waals surface area (Å²) in [5.74, 6) is -0.185. The molecule has 0 aliphatic carbocycles. The van der Waals surface area contributed by atoms with Gasteiger partial charge in [0.1, 0.15) is 6.10 Å². The maximum absolute atomic E-state index is 12.0. The Morgan fingerprint density at radius 2 is 1.14 bits per heavy atom. The fraction of sp³-hybridized carbons (Fsp3) is 0.920. The molecule has 0 radical (unpaired) electrons. The first kappa shape index (κ1) is 27.9. The Labute approximate surface area is 180 Å². The Morgan fingerprint density at radius 1 is 0.586 bits per heavy atom. The lowest BCUT2D eigenvalue weighted by molar-refractivity contribution is -0.150. The molecular weight excluding hydrogens is 364 g/mol. The van der Waals surface area contributed by atoms with Crippen LogP contribution in [0.2, 0.25) is 0 Å². The summed E-state index contributed by atoms with van der Waals surface area (Å²) in [6.07, 6.45) is 18.6. The van der Waals surface area contributed by atoms with E-state index in [-0.39, 0.29) is 18.0 Å². The average molecular weight is 413 g/mol. The summed E-state index contributed by atoms with van der Waals surface area (Å²) in [6.45, 7) is 7.07. The molecule has 0 aliphatic heterocycles. The van der Waals surface area contributed by atoms with E-state index in [1.807, 2.05) is 0 Å². The van der Waals surface area contributed by atoms with Crippen LogP contribution in [0, 0.1) is 0 Å². The Balaban J connectivity index is 3.52. The monoisotopic (exact) mass is 412 g/mol. The molecule has 29 heavy (non-hydrogen) atoms. The molecule has 0 saturated carbocycles. The fourth-order valence-electron chi connectivity index (χ4n) is 3.47. The van der Waals surface area contributed by atoms with Crippen molar-refractivity contribution in [2.24, 2.45) is 0 Å². The Kier molecular flexibility index (Phi) is 20.9. The Hall–Kier alpha value is -1.06. The first-order chi connectivity index (χ1) is 14.1. The van der Waals surface area contributed by atoms with Gasteiger partial charge in [-0.1, -0.05) is 91.4 Å². The highest BCUT2D eigenvalue weighted by atomic mass is 16.5. The summed E-state index contributed by atoms with van der Waals surface area (Å²) < 4.78 is 10.9. The van der Waals surface area contributed by atoms with Crippen LogP contribution in [0.25, 0.3) is 0 Å². The van der Waals surface area contributed by atoms with Crippen molar-refractivity contribution in [3.63, 3.8) is 0 Å². The second-order valence-corrected chi connectivity index (χ2v) is 8.30. The van der Waals surface area contributed by atoms with Gasteiger partial charge in [0.05, 0.1) is 6.61 Å². The largest absolute Gasteiger partial charge is 0.466 e. The minimum atomic E-state index is -0.0990. The predicted molar refractivity (Wildman–Crippen MR) is 121 cm³/mol. The van der Waals surface area contributed by atoms with Crippen LogP contribution in [0.15, 0.2) is 0 Å². The molecule has 172 valence electrons. The molecule has 0 saturated heterocycles. The van der Waals surface area contributed by atoms with Crippen LogP contribution in [-0.2, 0) is 19.1 Å². The third kappa shape index (κ3) is 20.0. The lowest BCUT2D eigenvalue weighted by Crippen LogP contribution is -2.18. The molecule has 0 spiro atoms. The smallest absolute Gasteiger partial charge is 0.306 e. The van der Waals surface area contributed by atoms with Crippen LogP contribution in [0.3, 0.4) is 0 Å². The highest BCUT2D eigenvalue weighted by Gasteiger charge is 2.13. The summed E-state index contributed by atoms with van der Waals surface area (Å²) in [6, 6.07) is 0. The first-order valence-corrected chi connectivity index (χ1v) is 12.5. The molecule has 0 N–H and O–H groups in total. The molecule has 0 rings (SSSR count). The summed E-state index contributed by atoms with van der Waals surface area (Å²) in [4.78, 5) is 23.7. The summed E-state index contributed by atoms with van der Waals surface area (Å²) in [5.41, 5.74) is 0. The van der Waals surface area contributed by atoms with Gasteiger partial charge in [-0.25, -0.2) is 0 Å². The van der Waals surface area contributed by atoms with Gasteiger partial charge in [0.25, 0.3) is 0 Å². The normalized spacial score (nSPS) is 12.0. The van der Waals surface area contributed by atoms with Crippen LogP contribution in [0.4, 0.5) is 0 Å². The van der Waals surface area contributed by atoms with Gasteiger partial charge < -0.3 is 9.47 Å². The number of carbonyl (C=O) groups excluding carboxylic acids is 2. The molecule has 4 nitrogen and oxygen atoms in total. The minimum absolute atomic E-state index is 0.0822. The van der Waals surface area contributed by atoms with Gasteiger partial charge in [-0.15, -0.1) is 0 Å². The maximum atomic E-state index is 12.0. The van der Waals surface area contributed by atoms with E-state index in [4.69, 9.17) is 9.47 Å². The molecule has 4 heteroatoms. The maximum Gasteiger partial charge on any atom is 0.306 e. The lowest BCUT2D eigenvalue weighted by Gasteiger charge is -2.17. The van der Waals surface area contributed by atoms with Gasteiger partial charge in [0.15, 0.2) is 0 Å². The number of ether oxygens (including phenoxy) is 2. The Bertz CT molecular complexity index is 381. The molecule has 0 aromatic heterocycles. The lowest BCUT2D eigenvalue weighted by atomic mass is 10.1. The first-order valence-electron chi connectivity index (χ1n) is 12.5. The summed E-state index contributed by atoms with van der Waals surface area (Å²) in [7, 11) is 0. The van der Waals surface area contributed by atoms with Crippen LogP contribution >= 0.6 is 0 Å². The van der Waals surface area contributed by atoms with Crippen molar-refractivity contribution in [2.75, 3.05) is 6.61 Å². The van der Waals surface area contributed by atoms with Crippen molar-refractivity contribution in [1.82, 2.24) is 0 Å². The van der Waals surface area contributed by atoms with E-state index < -0.39 is 0 Å².